The molecule has 3 N–H and O–H groups in total. The second kappa shape index (κ2) is 9.14. The molecule has 40 heavy (non-hydrogen) atoms. The van der Waals surface area contributed by atoms with Gasteiger partial charge in [0.25, 0.3) is 5.88 Å². The molecule has 4 heterocycles. The van der Waals surface area contributed by atoms with E-state index in [4.69, 9.17) is 31.5 Å². The Bertz CT molecular complexity index is 1700. The zero-order valence-electron chi connectivity index (χ0n) is 20.8. The third kappa shape index (κ3) is 3.63. The number of fused-ring (bicyclic) bond motifs is 3. The second-order valence-corrected chi connectivity index (χ2v) is 10.3. The van der Waals surface area contributed by atoms with Gasteiger partial charge in [-0.25, -0.2) is 8.78 Å². The maximum Gasteiger partial charge on any atom is 0.282 e. The summed E-state index contributed by atoms with van der Waals surface area (Å²) < 4.78 is 49.9. The highest BCUT2D eigenvalue weighted by molar-refractivity contribution is 6.34. The van der Waals surface area contributed by atoms with Crippen LogP contribution in [0.25, 0.3) is 11.1 Å². The molecule has 1 amide bonds. The molecule has 0 radical (unpaired) electrons. The molecule has 11 heteroatoms. The van der Waals surface area contributed by atoms with Crippen LogP contribution in [0, 0.1) is 11.6 Å². The molecular formula is C29H21ClF2N4O4. The van der Waals surface area contributed by atoms with Gasteiger partial charge in [0.15, 0.2) is 22.9 Å². The van der Waals surface area contributed by atoms with Crippen molar-refractivity contribution in [1.82, 2.24) is 15.5 Å². The van der Waals surface area contributed by atoms with Crippen LogP contribution in [-0.4, -0.2) is 28.7 Å². The summed E-state index contributed by atoms with van der Waals surface area (Å²) in [6, 6.07) is 13.4. The molecule has 1 fully saturated rings. The van der Waals surface area contributed by atoms with Gasteiger partial charge in [-0.05, 0) is 31.0 Å². The largest absolute Gasteiger partial charge is 0.480 e. The molecule has 4 aromatic rings. The summed E-state index contributed by atoms with van der Waals surface area (Å²) in [7, 11) is 0. The van der Waals surface area contributed by atoms with Crippen LogP contribution in [0.5, 0.6) is 28.9 Å². The number of aromatic nitrogens is 2. The Morgan fingerprint density at radius 3 is 2.65 bits per heavy atom. The van der Waals surface area contributed by atoms with Crippen LogP contribution in [-0.2, 0) is 12.0 Å². The Kier molecular flexibility index (Phi) is 5.65. The number of carbonyl (C=O) groups is 1. The van der Waals surface area contributed by atoms with Gasteiger partial charge in [0, 0.05) is 35.2 Å². The average Bonchev–Trinajstić information content (AvgIpc) is 3.63. The van der Waals surface area contributed by atoms with Crippen molar-refractivity contribution < 1.29 is 27.8 Å². The van der Waals surface area contributed by atoms with Crippen LogP contribution in [0.4, 0.5) is 8.78 Å². The van der Waals surface area contributed by atoms with E-state index in [-0.39, 0.29) is 63.1 Å². The van der Waals surface area contributed by atoms with E-state index in [1.165, 1.54) is 24.4 Å². The Labute approximate surface area is 232 Å². The van der Waals surface area contributed by atoms with E-state index in [0.29, 0.717) is 5.56 Å². The molecule has 3 aliphatic heterocycles. The Morgan fingerprint density at radius 2 is 1.90 bits per heavy atom. The van der Waals surface area contributed by atoms with Crippen molar-refractivity contribution in [2.75, 3.05) is 6.54 Å². The lowest BCUT2D eigenvalue weighted by Gasteiger charge is -2.35. The number of nitrogens with one attached hydrogen (secondary N) is 1. The fourth-order valence-corrected chi connectivity index (χ4v) is 6.17. The van der Waals surface area contributed by atoms with Crippen LogP contribution in [0.15, 0.2) is 54.7 Å². The minimum absolute atomic E-state index is 0.0323. The Hall–Kier alpha value is -4.28. The van der Waals surface area contributed by atoms with E-state index in [2.05, 4.69) is 15.5 Å². The molecule has 0 saturated carbocycles. The third-order valence-corrected chi connectivity index (χ3v) is 8.05. The first kappa shape index (κ1) is 24.7. The maximum atomic E-state index is 16.5. The molecule has 0 unspecified atom stereocenters. The minimum atomic E-state index is -1.01. The average molecular weight is 563 g/mol. The van der Waals surface area contributed by atoms with Gasteiger partial charge in [-0.15, -0.1) is 5.10 Å². The standard InChI is InChI=1S/C29H21ClF2N4O4/c30-24-17(31)12-19-16(13-29(40-19,21-7-4-9-34-21)14-5-2-1-3-6-14)22(24)23-15(27(33)37)11-20-26(25(23)32)39-28-18(38-20)8-10-35-36-28/h1-3,5-6,8,10-12,21,34H,4,7,9,13H2,(H2,33,37)/t21-,29-/m0/s1. The number of amides is 1. The highest BCUT2D eigenvalue weighted by atomic mass is 35.5. The summed E-state index contributed by atoms with van der Waals surface area (Å²) >= 11 is 6.56. The van der Waals surface area contributed by atoms with E-state index < -0.39 is 23.1 Å². The van der Waals surface area contributed by atoms with Crippen molar-refractivity contribution in [3.63, 3.8) is 0 Å². The molecule has 1 saturated heterocycles. The van der Waals surface area contributed by atoms with Gasteiger partial charge in [0.2, 0.25) is 11.7 Å². The molecule has 7 rings (SSSR count). The van der Waals surface area contributed by atoms with E-state index in [0.717, 1.165) is 24.9 Å². The number of carbonyl (C=O) groups excluding carboxylic acids is 1. The third-order valence-electron chi connectivity index (χ3n) is 7.68. The van der Waals surface area contributed by atoms with Crippen molar-refractivity contribution in [2.24, 2.45) is 5.73 Å². The molecule has 0 bridgehead atoms. The molecule has 3 aliphatic rings. The quantitative estimate of drug-likeness (QED) is 0.291. The summed E-state index contributed by atoms with van der Waals surface area (Å²) in [4.78, 5) is 12.7. The lowest BCUT2D eigenvalue weighted by Crippen LogP contribution is -2.48. The van der Waals surface area contributed by atoms with Crippen LogP contribution >= 0.6 is 11.6 Å². The van der Waals surface area contributed by atoms with E-state index in [1.807, 2.05) is 30.3 Å². The predicted molar refractivity (Wildman–Crippen MR) is 141 cm³/mol. The summed E-state index contributed by atoms with van der Waals surface area (Å²) in [5.41, 5.74) is 5.53. The number of rotatable bonds is 4. The number of halogens is 3. The van der Waals surface area contributed by atoms with Crippen LogP contribution in [0.1, 0.15) is 34.3 Å². The van der Waals surface area contributed by atoms with Gasteiger partial charge in [0.05, 0.1) is 22.8 Å². The summed E-state index contributed by atoms with van der Waals surface area (Å²) in [6.45, 7) is 0.800. The number of benzene rings is 3. The summed E-state index contributed by atoms with van der Waals surface area (Å²) in [6.07, 6.45) is 3.37. The smallest absolute Gasteiger partial charge is 0.282 e. The molecule has 0 spiro atoms. The Balaban J connectivity index is 1.45. The lowest BCUT2D eigenvalue weighted by atomic mass is 9.80. The normalized spacial score (nSPS) is 20.5. The maximum absolute atomic E-state index is 16.5. The van der Waals surface area contributed by atoms with E-state index in [9.17, 15) is 4.79 Å². The summed E-state index contributed by atoms with van der Waals surface area (Å²) in [5, 5.41) is 10.7. The highest BCUT2D eigenvalue weighted by Crippen LogP contribution is 2.55. The molecule has 202 valence electrons. The molecule has 3 aromatic carbocycles. The van der Waals surface area contributed by atoms with Crippen molar-refractivity contribution in [1.29, 1.82) is 0 Å². The number of primary amides is 1. The first-order chi connectivity index (χ1) is 19.4. The van der Waals surface area contributed by atoms with Crippen molar-refractivity contribution in [3.05, 3.63) is 88.1 Å². The fourth-order valence-electron chi connectivity index (χ4n) is 5.91. The zero-order valence-corrected chi connectivity index (χ0v) is 21.6. The topological polar surface area (TPSA) is 109 Å². The molecule has 1 aromatic heterocycles. The second-order valence-electron chi connectivity index (χ2n) is 9.92. The van der Waals surface area contributed by atoms with Crippen LogP contribution in [0.2, 0.25) is 5.02 Å². The van der Waals surface area contributed by atoms with Crippen LogP contribution < -0.4 is 25.3 Å². The van der Waals surface area contributed by atoms with Gasteiger partial charge in [-0.1, -0.05) is 41.9 Å². The first-order valence-corrected chi connectivity index (χ1v) is 13.1. The lowest BCUT2D eigenvalue weighted by molar-refractivity contribution is 0.0539. The van der Waals surface area contributed by atoms with Crippen LogP contribution in [0.3, 0.4) is 0 Å². The van der Waals surface area contributed by atoms with Crippen molar-refractivity contribution >= 4 is 17.5 Å². The van der Waals surface area contributed by atoms with Gasteiger partial charge < -0.3 is 25.3 Å². The van der Waals surface area contributed by atoms with Gasteiger partial charge >= 0.3 is 0 Å². The van der Waals surface area contributed by atoms with Crippen molar-refractivity contribution in [2.45, 2.75) is 30.9 Å². The van der Waals surface area contributed by atoms with Gasteiger partial charge in [-0.3, -0.25) is 4.79 Å². The minimum Gasteiger partial charge on any atom is -0.480 e. The van der Waals surface area contributed by atoms with E-state index in [1.54, 1.807) is 0 Å². The highest BCUT2D eigenvalue weighted by Gasteiger charge is 2.50. The number of hydrogen-bond donors (Lipinski definition) is 2. The molecule has 2 atom stereocenters. The predicted octanol–water partition coefficient (Wildman–Crippen LogP) is 5.65. The molecular weight excluding hydrogens is 542 g/mol. The van der Waals surface area contributed by atoms with Gasteiger partial charge in [-0.2, -0.15) is 5.10 Å². The SMILES string of the molecule is NC(=O)c1cc2c(c(F)c1-c1c(Cl)c(F)cc3c1C[C@](c1ccccc1)([C@@H]1CCCN1)O3)Oc1nnccc1O2. The first-order valence-electron chi connectivity index (χ1n) is 12.7. The Morgan fingerprint density at radius 1 is 1.07 bits per heavy atom. The van der Waals surface area contributed by atoms with E-state index >= 15 is 8.78 Å². The summed E-state index contributed by atoms with van der Waals surface area (Å²) in [5.74, 6) is -2.93. The monoisotopic (exact) mass is 562 g/mol. The van der Waals surface area contributed by atoms with Crippen molar-refractivity contribution in [3.8, 4) is 40.0 Å². The number of nitrogens with two attached hydrogens (primary N) is 1. The molecule has 8 nitrogen and oxygen atoms in total. The number of ether oxygens (including phenoxy) is 3. The number of hydrogen-bond acceptors (Lipinski definition) is 7. The number of nitrogens with zero attached hydrogens (tertiary/aromatic N) is 2. The van der Waals surface area contributed by atoms with Gasteiger partial charge in [0.1, 0.15) is 11.6 Å². The molecule has 0 aliphatic carbocycles. The zero-order chi connectivity index (χ0) is 27.6. The fraction of sp³-hybridized carbons (Fsp3) is 0.207.